The normalized spacial score (nSPS) is 10.5. The van der Waals surface area contributed by atoms with E-state index in [2.05, 4.69) is 4.98 Å². The van der Waals surface area contributed by atoms with Crippen LogP contribution in [-0.4, -0.2) is 10.8 Å². The third kappa shape index (κ3) is 3.51. The molecule has 0 saturated heterocycles. The Morgan fingerprint density at radius 2 is 1.83 bits per heavy atom. The van der Waals surface area contributed by atoms with Crippen molar-refractivity contribution >= 4 is 5.78 Å². The average molecular weight is 305 g/mol. The predicted molar refractivity (Wildman–Crippen MR) is 88.8 cm³/mol. The summed E-state index contributed by atoms with van der Waals surface area (Å²) in [6.45, 7) is 1.97. The van der Waals surface area contributed by atoms with Gasteiger partial charge in [-0.05, 0) is 42.8 Å². The van der Waals surface area contributed by atoms with Crippen LogP contribution in [0.25, 0.3) is 11.3 Å². The highest BCUT2D eigenvalue weighted by Gasteiger charge is 2.13. The quantitative estimate of drug-likeness (QED) is 0.658. The van der Waals surface area contributed by atoms with Crippen molar-refractivity contribution in [1.29, 1.82) is 0 Å². The number of halogens is 1. The molecule has 23 heavy (non-hydrogen) atoms. The maximum absolute atomic E-state index is 13.6. The van der Waals surface area contributed by atoms with Crippen molar-refractivity contribution in [2.45, 2.75) is 13.3 Å². The highest BCUT2D eigenvalue weighted by atomic mass is 19.1. The monoisotopic (exact) mass is 305 g/mol. The Labute approximate surface area is 134 Å². The molecule has 0 saturated carbocycles. The predicted octanol–water partition coefficient (Wildman–Crippen LogP) is 4.62. The van der Waals surface area contributed by atoms with Gasteiger partial charge < -0.3 is 0 Å². The molecule has 3 aromatic rings. The van der Waals surface area contributed by atoms with E-state index < -0.39 is 0 Å². The van der Waals surface area contributed by atoms with Gasteiger partial charge in [0.2, 0.25) is 0 Å². The highest BCUT2D eigenvalue weighted by molar-refractivity contribution is 5.98. The van der Waals surface area contributed by atoms with Gasteiger partial charge in [0.25, 0.3) is 0 Å². The summed E-state index contributed by atoms with van der Waals surface area (Å²) in [5.74, 6) is -0.385. The number of aromatic nitrogens is 1. The molecule has 0 unspecified atom stereocenters. The van der Waals surface area contributed by atoms with Crippen LogP contribution in [0.15, 0.2) is 66.9 Å². The smallest absolute Gasteiger partial charge is 0.167 e. The van der Waals surface area contributed by atoms with E-state index in [1.165, 1.54) is 12.1 Å². The van der Waals surface area contributed by atoms with Gasteiger partial charge in [0, 0.05) is 23.7 Å². The van der Waals surface area contributed by atoms with E-state index in [0.717, 1.165) is 16.8 Å². The van der Waals surface area contributed by atoms with Gasteiger partial charge in [0.05, 0.1) is 5.69 Å². The number of carbonyl (C=O) groups is 1. The van der Waals surface area contributed by atoms with Crippen LogP contribution in [0.5, 0.6) is 0 Å². The summed E-state index contributed by atoms with van der Waals surface area (Å²) in [5, 5.41) is 0. The Hall–Kier alpha value is -2.81. The van der Waals surface area contributed by atoms with Crippen LogP contribution in [0.1, 0.15) is 21.5 Å². The molecule has 3 rings (SSSR count). The first-order valence-electron chi connectivity index (χ1n) is 7.43. The van der Waals surface area contributed by atoms with Crippen LogP contribution in [0, 0.1) is 12.7 Å². The topological polar surface area (TPSA) is 30.0 Å². The van der Waals surface area contributed by atoms with Crippen LogP contribution >= 0.6 is 0 Å². The molecular formula is C20H16FNO. The Morgan fingerprint density at radius 3 is 2.52 bits per heavy atom. The fourth-order valence-corrected chi connectivity index (χ4v) is 2.50. The van der Waals surface area contributed by atoms with Crippen molar-refractivity contribution in [3.63, 3.8) is 0 Å². The van der Waals surface area contributed by atoms with E-state index in [1.807, 2.05) is 37.3 Å². The van der Waals surface area contributed by atoms with Crippen LogP contribution in [0.2, 0.25) is 0 Å². The highest BCUT2D eigenvalue weighted by Crippen LogP contribution is 2.24. The van der Waals surface area contributed by atoms with Gasteiger partial charge >= 0.3 is 0 Å². The van der Waals surface area contributed by atoms with E-state index in [-0.39, 0.29) is 18.0 Å². The summed E-state index contributed by atoms with van der Waals surface area (Å²) in [4.78, 5) is 16.8. The summed E-state index contributed by atoms with van der Waals surface area (Å²) in [5.41, 5.74) is 3.90. The summed E-state index contributed by atoms with van der Waals surface area (Å²) < 4.78 is 13.6. The molecule has 0 fully saturated rings. The lowest BCUT2D eigenvalue weighted by Crippen LogP contribution is -2.05. The SMILES string of the molecule is Cc1ccc(C(=O)Cc2cc(F)ccc2-c2ccccn2)cc1. The number of ketones is 1. The summed E-state index contributed by atoms with van der Waals surface area (Å²) in [7, 11) is 0. The van der Waals surface area contributed by atoms with E-state index in [0.29, 0.717) is 11.1 Å². The van der Waals surface area contributed by atoms with Gasteiger partial charge in [-0.3, -0.25) is 9.78 Å². The van der Waals surface area contributed by atoms with Crippen LogP contribution < -0.4 is 0 Å². The zero-order valence-corrected chi connectivity index (χ0v) is 12.8. The van der Waals surface area contributed by atoms with E-state index >= 15 is 0 Å². The molecule has 1 aromatic heterocycles. The molecule has 0 aliphatic carbocycles. The lowest BCUT2D eigenvalue weighted by molar-refractivity contribution is 0.0993. The van der Waals surface area contributed by atoms with Crippen molar-refractivity contribution in [2.24, 2.45) is 0 Å². The molecule has 0 amide bonds. The standard InChI is InChI=1S/C20H16FNO/c1-14-5-7-15(8-6-14)20(23)13-16-12-17(21)9-10-18(16)19-4-2-3-11-22-19/h2-12H,13H2,1H3. The second kappa shape index (κ2) is 6.53. The Balaban J connectivity index is 1.94. The Bertz CT molecular complexity index is 826. The lowest BCUT2D eigenvalue weighted by atomic mass is 9.96. The molecule has 114 valence electrons. The largest absolute Gasteiger partial charge is 0.294 e. The van der Waals surface area contributed by atoms with Crippen molar-refractivity contribution < 1.29 is 9.18 Å². The molecule has 0 bridgehead atoms. The summed E-state index contributed by atoms with van der Waals surface area (Å²) in [6.07, 6.45) is 1.83. The number of nitrogens with zero attached hydrogens (tertiary/aromatic N) is 1. The number of aryl methyl sites for hydroxylation is 1. The number of pyridine rings is 1. The second-order valence-corrected chi connectivity index (χ2v) is 5.48. The van der Waals surface area contributed by atoms with E-state index in [1.54, 1.807) is 24.4 Å². The number of hydrogen-bond acceptors (Lipinski definition) is 2. The first-order chi connectivity index (χ1) is 11.1. The minimum Gasteiger partial charge on any atom is -0.294 e. The van der Waals surface area contributed by atoms with Crippen LogP contribution in [0.4, 0.5) is 4.39 Å². The summed E-state index contributed by atoms with van der Waals surface area (Å²) in [6, 6.07) is 17.4. The number of carbonyl (C=O) groups excluding carboxylic acids is 1. The van der Waals surface area contributed by atoms with Gasteiger partial charge in [-0.2, -0.15) is 0 Å². The van der Waals surface area contributed by atoms with Crippen molar-refractivity contribution in [1.82, 2.24) is 4.98 Å². The Morgan fingerprint density at radius 1 is 1.04 bits per heavy atom. The zero-order valence-electron chi connectivity index (χ0n) is 12.8. The molecule has 3 heteroatoms. The number of Topliss-reactive ketones (excluding diaryl/α,β-unsaturated/α-hetero) is 1. The van der Waals surface area contributed by atoms with Crippen LogP contribution in [-0.2, 0) is 6.42 Å². The molecule has 2 aromatic carbocycles. The number of rotatable bonds is 4. The first kappa shape index (κ1) is 15.1. The van der Waals surface area contributed by atoms with Gasteiger partial charge in [0.1, 0.15) is 5.82 Å². The maximum atomic E-state index is 13.6. The number of hydrogen-bond donors (Lipinski definition) is 0. The fraction of sp³-hybridized carbons (Fsp3) is 0.100. The van der Waals surface area contributed by atoms with E-state index in [4.69, 9.17) is 0 Å². The lowest BCUT2D eigenvalue weighted by Gasteiger charge is -2.09. The second-order valence-electron chi connectivity index (χ2n) is 5.48. The molecule has 2 nitrogen and oxygen atoms in total. The van der Waals surface area contributed by atoms with Gasteiger partial charge in [-0.25, -0.2) is 4.39 Å². The minimum absolute atomic E-state index is 0.0345. The third-order valence-corrected chi connectivity index (χ3v) is 3.73. The molecule has 1 heterocycles. The zero-order chi connectivity index (χ0) is 16.2. The maximum Gasteiger partial charge on any atom is 0.167 e. The third-order valence-electron chi connectivity index (χ3n) is 3.73. The molecular weight excluding hydrogens is 289 g/mol. The van der Waals surface area contributed by atoms with Crippen molar-refractivity contribution in [3.05, 3.63) is 89.4 Å². The number of benzene rings is 2. The Kier molecular flexibility index (Phi) is 4.29. The molecule has 0 N–H and O–H groups in total. The summed E-state index contributed by atoms with van der Waals surface area (Å²) >= 11 is 0. The van der Waals surface area contributed by atoms with Crippen molar-refractivity contribution in [3.8, 4) is 11.3 Å². The van der Waals surface area contributed by atoms with E-state index in [9.17, 15) is 9.18 Å². The molecule has 0 spiro atoms. The first-order valence-corrected chi connectivity index (χ1v) is 7.43. The van der Waals surface area contributed by atoms with Gasteiger partial charge in [-0.1, -0.05) is 35.9 Å². The van der Waals surface area contributed by atoms with Crippen LogP contribution in [0.3, 0.4) is 0 Å². The van der Waals surface area contributed by atoms with Gasteiger partial charge in [0.15, 0.2) is 5.78 Å². The molecule has 0 aliphatic rings. The molecule has 0 atom stereocenters. The minimum atomic E-state index is -0.351. The average Bonchev–Trinajstić information content (AvgIpc) is 2.56. The molecule has 0 aliphatic heterocycles. The van der Waals surface area contributed by atoms with Crippen molar-refractivity contribution in [2.75, 3.05) is 0 Å². The fourth-order valence-electron chi connectivity index (χ4n) is 2.50. The van der Waals surface area contributed by atoms with Gasteiger partial charge in [-0.15, -0.1) is 0 Å². The molecule has 0 radical (unpaired) electrons.